The van der Waals surface area contributed by atoms with E-state index in [2.05, 4.69) is 21.9 Å². The van der Waals surface area contributed by atoms with Gasteiger partial charge in [-0.05, 0) is 30.5 Å². The Morgan fingerprint density at radius 3 is 2.57 bits per heavy atom. The number of ether oxygens (including phenoxy) is 1. The molecule has 0 aromatic heterocycles. The minimum atomic E-state index is 0.300. The van der Waals surface area contributed by atoms with Gasteiger partial charge in [0.05, 0.1) is 7.11 Å². The maximum atomic E-state index is 12.6. The highest BCUT2D eigenvalue weighted by Gasteiger charge is 2.28. The fraction of sp³-hybridized carbons (Fsp3) is 0.632. The summed E-state index contributed by atoms with van der Waals surface area (Å²) in [6, 6.07) is 8.25. The summed E-state index contributed by atoms with van der Waals surface area (Å²) in [5.41, 5.74) is 1.27. The van der Waals surface area contributed by atoms with E-state index in [4.69, 9.17) is 4.74 Å². The van der Waals surface area contributed by atoms with Crippen LogP contribution in [0.25, 0.3) is 0 Å². The van der Waals surface area contributed by atoms with Gasteiger partial charge in [0.2, 0.25) is 5.91 Å². The van der Waals surface area contributed by atoms with Crippen LogP contribution in [0, 0.1) is 5.92 Å². The summed E-state index contributed by atoms with van der Waals surface area (Å²) in [4.78, 5) is 17.1. The highest BCUT2D eigenvalue weighted by molar-refractivity contribution is 5.79. The van der Waals surface area contributed by atoms with E-state index in [1.807, 2.05) is 12.1 Å². The Morgan fingerprint density at radius 1 is 1.13 bits per heavy atom. The number of carbonyl (C=O) groups is 1. The first-order valence-corrected chi connectivity index (χ1v) is 8.90. The molecule has 0 N–H and O–H groups in total. The van der Waals surface area contributed by atoms with Gasteiger partial charge in [-0.2, -0.15) is 0 Å². The topological polar surface area (TPSA) is 32.8 Å². The lowest BCUT2D eigenvalue weighted by atomic mass is 9.88. The third-order valence-corrected chi connectivity index (χ3v) is 5.18. The maximum Gasteiger partial charge on any atom is 0.225 e. The molecular weight excluding hydrogens is 288 g/mol. The molecule has 23 heavy (non-hydrogen) atoms. The summed E-state index contributed by atoms with van der Waals surface area (Å²) in [6.45, 7) is 4.62. The number of nitrogens with zero attached hydrogens (tertiary/aromatic N) is 2. The van der Waals surface area contributed by atoms with Crippen molar-refractivity contribution in [2.75, 3.05) is 33.3 Å². The van der Waals surface area contributed by atoms with Crippen molar-refractivity contribution < 1.29 is 9.53 Å². The molecule has 0 radical (unpaired) electrons. The molecule has 1 aliphatic carbocycles. The van der Waals surface area contributed by atoms with Gasteiger partial charge in [0, 0.05) is 38.6 Å². The van der Waals surface area contributed by atoms with Gasteiger partial charge in [0.1, 0.15) is 5.75 Å². The minimum absolute atomic E-state index is 0.300. The molecular formula is C19H28N2O2. The van der Waals surface area contributed by atoms with Crippen LogP contribution in [-0.2, 0) is 11.3 Å². The minimum Gasteiger partial charge on any atom is -0.497 e. The second-order valence-electron chi connectivity index (χ2n) is 6.79. The van der Waals surface area contributed by atoms with Crippen LogP contribution in [0.2, 0.25) is 0 Å². The zero-order valence-corrected chi connectivity index (χ0v) is 14.2. The fourth-order valence-electron chi connectivity index (χ4n) is 3.76. The fourth-order valence-corrected chi connectivity index (χ4v) is 3.76. The van der Waals surface area contributed by atoms with Crippen molar-refractivity contribution in [2.24, 2.45) is 5.92 Å². The van der Waals surface area contributed by atoms with Crippen molar-refractivity contribution in [3.05, 3.63) is 29.8 Å². The predicted molar refractivity (Wildman–Crippen MR) is 91.4 cm³/mol. The lowest BCUT2D eigenvalue weighted by Crippen LogP contribution is -2.50. The molecule has 3 rings (SSSR count). The summed E-state index contributed by atoms with van der Waals surface area (Å²) in [5, 5.41) is 0. The Morgan fingerprint density at radius 2 is 1.87 bits per heavy atom. The molecule has 1 amide bonds. The molecule has 2 fully saturated rings. The normalized spacial score (nSPS) is 20.5. The molecule has 126 valence electrons. The van der Waals surface area contributed by atoms with Crippen molar-refractivity contribution >= 4 is 5.91 Å². The lowest BCUT2D eigenvalue weighted by molar-refractivity contribution is -0.138. The van der Waals surface area contributed by atoms with E-state index >= 15 is 0 Å². The van der Waals surface area contributed by atoms with Crippen LogP contribution in [0.4, 0.5) is 0 Å². The average molecular weight is 316 g/mol. The standard InChI is InChI=1S/C19H28N2O2/c1-23-18-9-5-6-16(14-18)15-20-10-12-21(13-11-20)19(22)17-7-3-2-4-8-17/h5-6,9,14,17H,2-4,7-8,10-13,15H2,1H3. The van der Waals surface area contributed by atoms with Crippen molar-refractivity contribution in [1.82, 2.24) is 9.80 Å². The van der Waals surface area contributed by atoms with Crippen LogP contribution in [0.1, 0.15) is 37.7 Å². The van der Waals surface area contributed by atoms with Gasteiger partial charge in [0.15, 0.2) is 0 Å². The van der Waals surface area contributed by atoms with Gasteiger partial charge in [-0.3, -0.25) is 9.69 Å². The van der Waals surface area contributed by atoms with E-state index in [0.29, 0.717) is 11.8 Å². The van der Waals surface area contributed by atoms with E-state index in [9.17, 15) is 4.79 Å². The summed E-state index contributed by atoms with van der Waals surface area (Å²) in [7, 11) is 1.70. The third-order valence-electron chi connectivity index (χ3n) is 5.18. The number of piperazine rings is 1. The molecule has 4 nitrogen and oxygen atoms in total. The van der Waals surface area contributed by atoms with Crippen LogP contribution >= 0.6 is 0 Å². The van der Waals surface area contributed by atoms with Gasteiger partial charge in [0.25, 0.3) is 0 Å². The Bertz CT molecular complexity index is 518. The number of hydrogen-bond donors (Lipinski definition) is 0. The quantitative estimate of drug-likeness (QED) is 0.856. The van der Waals surface area contributed by atoms with Crippen molar-refractivity contribution in [3.63, 3.8) is 0 Å². The largest absolute Gasteiger partial charge is 0.497 e. The highest BCUT2D eigenvalue weighted by Crippen LogP contribution is 2.26. The van der Waals surface area contributed by atoms with Crippen LogP contribution in [0.3, 0.4) is 0 Å². The monoisotopic (exact) mass is 316 g/mol. The summed E-state index contributed by atoms with van der Waals surface area (Å²) >= 11 is 0. The van der Waals surface area contributed by atoms with Crippen LogP contribution < -0.4 is 4.74 Å². The lowest BCUT2D eigenvalue weighted by Gasteiger charge is -2.37. The second kappa shape index (κ2) is 7.82. The SMILES string of the molecule is COc1cccc(CN2CCN(C(=O)C3CCCCC3)CC2)c1. The molecule has 2 aliphatic rings. The molecule has 1 aromatic carbocycles. The summed E-state index contributed by atoms with van der Waals surface area (Å²) < 4.78 is 5.29. The number of rotatable bonds is 4. The van der Waals surface area contributed by atoms with Crippen molar-refractivity contribution in [2.45, 2.75) is 38.6 Å². The van der Waals surface area contributed by atoms with Crippen molar-refractivity contribution in [3.8, 4) is 5.75 Å². The molecule has 1 saturated heterocycles. The van der Waals surface area contributed by atoms with Crippen LogP contribution in [-0.4, -0.2) is 49.0 Å². The first-order chi connectivity index (χ1) is 11.3. The molecule has 1 aromatic rings. The Hall–Kier alpha value is -1.55. The molecule has 0 atom stereocenters. The smallest absolute Gasteiger partial charge is 0.225 e. The molecule has 1 heterocycles. The number of carbonyl (C=O) groups excluding carboxylic acids is 1. The number of amides is 1. The number of benzene rings is 1. The van der Waals surface area contributed by atoms with Gasteiger partial charge in [-0.25, -0.2) is 0 Å². The zero-order valence-electron chi connectivity index (χ0n) is 14.2. The van der Waals surface area contributed by atoms with Gasteiger partial charge < -0.3 is 9.64 Å². The highest BCUT2D eigenvalue weighted by atomic mass is 16.5. The molecule has 4 heteroatoms. The van der Waals surface area contributed by atoms with E-state index in [1.54, 1.807) is 7.11 Å². The number of methoxy groups -OCH3 is 1. The van der Waals surface area contributed by atoms with E-state index < -0.39 is 0 Å². The first kappa shape index (κ1) is 16.3. The average Bonchev–Trinajstić information content (AvgIpc) is 2.63. The third kappa shape index (κ3) is 4.25. The Kier molecular flexibility index (Phi) is 5.55. The second-order valence-corrected chi connectivity index (χ2v) is 6.79. The van der Waals surface area contributed by atoms with Gasteiger partial charge in [-0.15, -0.1) is 0 Å². The Labute approximate surface area is 139 Å². The summed E-state index contributed by atoms with van der Waals surface area (Å²) in [6.07, 6.45) is 5.96. The molecule has 0 spiro atoms. The summed E-state index contributed by atoms with van der Waals surface area (Å²) in [5.74, 6) is 1.62. The predicted octanol–water partition coefficient (Wildman–Crippen LogP) is 2.92. The Balaban J connectivity index is 1.48. The van der Waals surface area contributed by atoms with E-state index in [0.717, 1.165) is 51.3 Å². The van der Waals surface area contributed by atoms with Crippen LogP contribution in [0.5, 0.6) is 5.75 Å². The first-order valence-electron chi connectivity index (χ1n) is 8.90. The molecule has 1 saturated carbocycles. The van der Waals surface area contributed by atoms with E-state index in [1.165, 1.54) is 24.8 Å². The van der Waals surface area contributed by atoms with Gasteiger partial charge in [-0.1, -0.05) is 31.4 Å². The van der Waals surface area contributed by atoms with Crippen LogP contribution in [0.15, 0.2) is 24.3 Å². The molecule has 1 aliphatic heterocycles. The zero-order chi connectivity index (χ0) is 16.1. The van der Waals surface area contributed by atoms with E-state index in [-0.39, 0.29) is 0 Å². The van der Waals surface area contributed by atoms with Gasteiger partial charge >= 0.3 is 0 Å². The van der Waals surface area contributed by atoms with Crippen molar-refractivity contribution in [1.29, 1.82) is 0 Å². The number of hydrogen-bond acceptors (Lipinski definition) is 3. The molecule has 0 unspecified atom stereocenters. The maximum absolute atomic E-state index is 12.6. The molecule has 0 bridgehead atoms.